The van der Waals surface area contributed by atoms with E-state index in [1.807, 2.05) is 0 Å². The summed E-state index contributed by atoms with van der Waals surface area (Å²) in [4.78, 5) is 53.8. The Morgan fingerprint density at radius 3 is 1.86 bits per heavy atom. The summed E-state index contributed by atoms with van der Waals surface area (Å²) < 4.78 is 57.0. The van der Waals surface area contributed by atoms with Gasteiger partial charge in [-0.2, -0.15) is 0 Å². The van der Waals surface area contributed by atoms with Gasteiger partial charge in [0.25, 0.3) is 0 Å². The van der Waals surface area contributed by atoms with Crippen molar-refractivity contribution in [2.45, 2.75) is 42.7 Å². The fourth-order valence-electron chi connectivity index (χ4n) is 2.96. The van der Waals surface area contributed by atoms with Crippen LogP contribution in [0.1, 0.15) is 6.42 Å². The van der Waals surface area contributed by atoms with E-state index in [1.165, 1.54) is 0 Å². The minimum Gasteiger partial charge on any atom is -0.394 e. The molecule has 0 aliphatic carbocycles. The van der Waals surface area contributed by atoms with Crippen LogP contribution >= 0.6 is 23.5 Å². The second kappa shape index (κ2) is 8.36. The van der Waals surface area contributed by atoms with E-state index in [0.717, 1.165) is 0 Å². The molecule has 2 fully saturated rings. The molecular formula is C9H19O16P3. The predicted molar refractivity (Wildman–Crippen MR) is 82.0 cm³/mol. The first-order valence-electron chi connectivity index (χ1n) is 7.38. The van der Waals surface area contributed by atoms with Crippen LogP contribution in [0.5, 0.6) is 0 Å². The van der Waals surface area contributed by atoms with Crippen LogP contribution in [0.15, 0.2) is 0 Å². The predicted octanol–water partition coefficient (Wildman–Crippen LogP) is -2.71. The molecule has 0 aromatic heterocycles. The molecule has 2 aliphatic heterocycles. The van der Waals surface area contributed by atoms with Gasteiger partial charge >= 0.3 is 23.5 Å². The molecular weight excluding hydrogens is 457 g/mol. The van der Waals surface area contributed by atoms with Crippen molar-refractivity contribution in [3.63, 3.8) is 0 Å². The maximum absolute atomic E-state index is 11.2. The van der Waals surface area contributed by atoms with E-state index in [1.54, 1.807) is 0 Å². The Kier molecular flexibility index (Phi) is 7.30. The smallest absolute Gasteiger partial charge is 0.394 e. The summed E-state index contributed by atoms with van der Waals surface area (Å²) in [7, 11) is -15.6. The molecule has 19 heteroatoms. The van der Waals surface area contributed by atoms with Crippen molar-refractivity contribution in [3.05, 3.63) is 0 Å². The van der Waals surface area contributed by atoms with Gasteiger partial charge in [-0.15, -0.1) is 0 Å². The molecule has 0 bridgehead atoms. The molecule has 6 atom stereocenters. The van der Waals surface area contributed by atoms with Crippen molar-refractivity contribution in [2.75, 3.05) is 13.2 Å². The number of aliphatic hydroxyl groups is 2. The zero-order chi connectivity index (χ0) is 21.5. The Hall–Kier alpha value is 0.170. The lowest BCUT2D eigenvalue weighted by Crippen LogP contribution is -2.66. The molecule has 28 heavy (non-hydrogen) atoms. The van der Waals surface area contributed by atoms with Crippen molar-refractivity contribution < 1.29 is 76.3 Å². The highest BCUT2D eigenvalue weighted by Gasteiger charge is 2.62. The Morgan fingerprint density at radius 2 is 1.39 bits per heavy atom. The lowest BCUT2D eigenvalue weighted by molar-refractivity contribution is -0.345. The van der Waals surface area contributed by atoms with Gasteiger partial charge in [-0.05, 0) is 0 Å². The average Bonchev–Trinajstić information content (AvgIpc) is 2.86. The van der Waals surface area contributed by atoms with E-state index in [2.05, 4.69) is 13.6 Å². The summed E-state index contributed by atoms with van der Waals surface area (Å²) in [5.74, 6) is -2.23. The van der Waals surface area contributed by atoms with Crippen LogP contribution in [-0.2, 0) is 36.7 Å². The van der Waals surface area contributed by atoms with Crippen molar-refractivity contribution in [2.24, 2.45) is 0 Å². The van der Waals surface area contributed by atoms with Crippen molar-refractivity contribution in [1.82, 2.24) is 0 Å². The van der Waals surface area contributed by atoms with Crippen molar-refractivity contribution in [3.8, 4) is 0 Å². The topological polar surface area (TPSA) is 259 Å². The molecule has 1 spiro atoms. The molecule has 2 rings (SSSR count). The average molecular weight is 476 g/mol. The van der Waals surface area contributed by atoms with Gasteiger partial charge in [0.15, 0.2) is 5.79 Å². The fourth-order valence-corrected chi connectivity index (χ4v) is 4.61. The number of phosphoric ester groups is 3. The standard InChI is InChI=1S/C9H19O16P3/c10-2-5-6(24-27(15,16)17)7(25-28(18,19)20)8(11)9(22-5)1-4(3-21-9)23-26(12,13)14/h4-8,10-11H,1-3H2,(H2,12,13,14)(H2,15,16,17)(H2,18,19,20)/t4-,5-,6-,7+,8-,9+/m1/s1. The Bertz CT molecular complexity index is 695. The maximum Gasteiger partial charge on any atom is 0.470 e. The molecule has 2 heterocycles. The van der Waals surface area contributed by atoms with Crippen LogP contribution in [0, 0.1) is 0 Å². The van der Waals surface area contributed by atoms with E-state index in [4.69, 9.17) is 38.8 Å². The number of hydrogen-bond donors (Lipinski definition) is 8. The van der Waals surface area contributed by atoms with E-state index < -0.39 is 79.4 Å². The van der Waals surface area contributed by atoms with Gasteiger partial charge < -0.3 is 49.0 Å². The summed E-state index contributed by atoms with van der Waals surface area (Å²) in [6.45, 7) is -1.56. The zero-order valence-corrected chi connectivity index (χ0v) is 16.4. The summed E-state index contributed by atoms with van der Waals surface area (Å²) in [6, 6.07) is 0. The third kappa shape index (κ3) is 6.33. The van der Waals surface area contributed by atoms with Crippen LogP contribution in [0.4, 0.5) is 0 Å². The molecule has 0 amide bonds. The van der Waals surface area contributed by atoms with Crippen LogP contribution < -0.4 is 0 Å². The van der Waals surface area contributed by atoms with Crippen LogP contribution in [-0.4, -0.2) is 89.1 Å². The molecule has 2 aliphatic rings. The molecule has 0 aromatic carbocycles. The van der Waals surface area contributed by atoms with E-state index >= 15 is 0 Å². The van der Waals surface area contributed by atoms with Gasteiger partial charge in [-0.1, -0.05) is 0 Å². The number of phosphoric acid groups is 3. The van der Waals surface area contributed by atoms with Gasteiger partial charge in [0.1, 0.15) is 24.4 Å². The minimum absolute atomic E-state index is 0.535. The highest BCUT2D eigenvalue weighted by molar-refractivity contribution is 7.46. The molecule has 2 saturated heterocycles. The van der Waals surface area contributed by atoms with E-state index in [-0.39, 0.29) is 0 Å². The van der Waals surface area contributed by atoms with Gasteiger partial charge in [0.2, 0.25) is 0 Å². The molecule has 0 radical (unpaired) electrons. The third-order valence-corrected chi connectivity index (χ3v) is 5.42. The molecule has 16 nitrogen and oxygen atoms in total. The highest BCUT2D eigenvalue weighted by Crippen LogP contribution is 2.51. The maximum atomic E-state index is 11.2. The van der Waals surface area contributed by atoms with Crippen LogP contribution in [0.2, 0.25) is 0 Å². The number of hydrogen-bond acceptors (Lipinski definition) is 10. The molecule has 8 N–H and O–H groups in total. The van der Waals surface area contributed by atoms with Crippen molar-refractivity contribution >= 4 is 23.5 Å². The van der Waals surface area contributed by atoms with Gasteiger partial charge in [0, 0.05) is 6.42 Å². The first kappa shape index (κ1) is 24.4. The van der Waals surface area contributed by atoms with Gasteiger partial charge in [0.05, 0.1) is 19.3 Å². The lowest BCUT2D eigenvalue weighted by Gasteiger charge is -2.48. The Labute approximate surface area is 156 Å². The largest absolute Gasteiger partial charge is 0.470 e. The number of aliphatic hydroxyl groups excluding tert-OH is 2. The van der Waals surface area contributed by atoms with Gasteiger partial charge in [-0.25, -0.2) is 13.7 Å². The fraction of sp³-hybridized carbons (Fsp3) is 1.00. The summed E-state index contributed by atoms with van der Waals surface area (Å²) >= 11 is 0. The van der Waals surface area contributed by atoms with Crippen LogP contribution in [0.25, 0.3) is 0 Å². The quantitative estimate of drug-likeness (QED) is 0.174. The monoisotopic (exact) mass is 476 g/mol. The molecule has 0 aromatic rings. The summed E-state index contributed by atoms with van der Waals surface area (Å²) in [6.07, 6.45) is -10.0. The molecule has 166 valence electrons. The van der Waals surface area contributed by atoms with E-state index in [0.29, 0.717) is 0 Å². The number of rotatable bonds is 7. The first-order chi connectivity index (χ1) is 12.6. The second-order valence-corrected chi connectivity index (χ2v) is 9.53. The van der Waals surface area contributed by atoms with Crippen LogP contribution in [0.3, 0.4) is 0 Å². The molecule has 0 saturated carbocycles. The number of ether oxygens (including phenoxy) is 2. The Balaban J connectivity index is 2.35. The second-order valence-electron chi connectivity index (χ2n) is 5.95. The Morgan fingerprint density at radius 1 is 0.893 bits per heavy atom. The van der Waals surface area contributed by atoms with Gasteiger partial charge in [-0.3, -0.25) is 13.6 Å². The minimum atomic E-state index is -5.36. The van der Waals surface area contributed by atoms with E-state index in [9.17, 15) is 23.9 Å². The van der Waals surface area contributed by atoms with Crippen molar-refractivity contribution in [1.29, 1.82) is 0 Å². The zero-order valence-electron chi connectivity index (χ0n) is 13.7. The SMILES string of the molecule is O=P(O)(O)O[C@H]1CO[C@@]2(C1)O[C@H](CO)[C@@H](OP(=O)(O)O)[C@H](OP(=O)(O)O)[C@H]2O. The highest BCUT2D eigenvalue weighted by atomic mass is 31.2. The summed E-state index contributed by atoms with van der Waals surface area (Å²) in [5.41, 5.74) is 0. The summed E-state index contributed by atoms with van der Waals surface area (Å²) in [5, 5.41) is 20.0. The first-order valence-corrected chi connectivity index (χ1v) is 12.0. The lowest BCUT2D eigenvalue weighted by atomic mass is 9.90. The molecule has 0 unspecified atom stereocenters. The third-order valence-electron chi connectivity index (χ3n) is 3.81. The normalized spacial score (nSPS) is 37.5.